The zero-order valence-electron chi connectivity index (χ0n) is 82.4. The summed E-state index contributed by atoms with van der Waals surface area (Å²) in [6.07, 6.45) is 10.1. The number of hydrogen-bond acceptors (Lipinski definition) is 8. The summed E-state index contributed by atoms with van der Waals surface area (Å²) in [6.45, 7) is 26.4. The van der Waals surface area contributed by atoms with E-state index in [-0.39, 0.29) is 99.6 Å². The molecule has 0 aliphatic heterocycles. The first-order valence-electron chi connectivity index (χ1n) is 48.3. The van der Waals surface area contributed by atoms with Gasteiger partial charge in [0.1, 0.15) is 0 Å². The second kappa shape index (κ2) is 40.6. The summed E-state index contributed by atoms with van der Waals surface area (Å²) >= 11 is 0. The Morgan fingerprint density at radius 2 is 0.583 bits per heavy atom. The van der Waals surface area contributed by atoms with Crippen LogP contribution in [0, 0.1) is 31.2 Å². The molecule has 3 radical (unpaired) electrons. The van der Waals surface area contributed by atoms with Crippen LogP contribution in [0.15, 0.2) is 388 Å². The maximum absolute atomic E-state index is 10.0. The Bertz CT molecular complexity index is 9060. The fraction of sp³-hybridized carbons (Fsp3) is 0.128. The molecule has 0 spiro atoms. The van der Waals surface area contributed by atoms with Crippen LogP contribution in [0.4, 0.5) is 0 Å². The molecule has 4 aromatic heterocycles. The Balaban J connectivity index is 0.000000125. The van der Waals surface area contributed by atoms with Gasteiger partial charge in [0.05, 0.1) is 11.5 Å². The Labute approximate surface area is 880 Å². The van der Waals surface area contributed by atoms with Gasteiger partial charge in [0.2, 0.25) is 0 Å². The minimum atomic E-state index is -0.125. The van der Waals surface area contributed by atoms with Crippen molar-refractivity contribution in [2.45, 2.75) is 112 Å². The number of hydrogen-bond donors (Lipinski definition) is 2. The fourth-order valence-corrected chi connectivity index (χ4v) is 22.0. The van der Waals surface area contributed by atoms with E-state index in [1.165, 1.54) is 242 Å². The minimum absolute atomic E-state index is 0. The summed E-state index contributed by atoms with van der Waals surface area (Å²) < 4.78 is 0. The molecule has 4 heterocycles. The molecule has 2 N–H and O–H groups in total. The van der Waals surface area contributed by atoms with E-state index in [4.69, 9.17) is 25.2 Å². The van der Waals surface area contributed by atoms with Crippen molar-refractivity contribution in [2.75, 3.05) is 0 Å². The molecule has 0 atom stereocenters. The minimum Gasteiger partial charge on any atom is -0.512 e. The number of fused-ring (bicyclic) bond motifs is 30. The third kappa shape index (κ3) is 18.1. The summed E-state index contributed by atoms with van der Waals surface area (Å²) in [5.74, 6) is 0.294. The molecule has 23 aromatic rings. The molecule has 0 amide bonds. The van der Waals surface area contributed by atoms with E-state index in [0.29, 0.717) is 5.92 Å². The van der Waals surface area contributed by atoms with Crippen molar-refractivity contribution in [3.05, 3.63) is 457 Å². The van der Waals surface area contributed by atoms with Crippen molar-refractivity contribution in [1.29, 1.82) is 0 Å². The van der Waals surface area contributed by atoms with Gasteiger partial charge < -0.3 is 30.1 Å². The summed E-state index contributed by atoms with van der Waals surface area (Å²) in [4.78, 5) is 38.9. The van der Waals surface area contributed by atoms with E-state index in [9.17, 15) is 9.59 Å². The van der Waals surface area contributed by atoms with Crippen LogP contribution in [0.25, 0.3) is 208 Å². The van der Waals surface area contributed by atoms with Crippen LogP contribution in [0.3, 0.4) is 0 Å². The van der Waals surface area contributed by atoms with Gasteiger partial charge in [-0.2, -0.15) is 0 Å². The first-order valence-corrected chi connectivity index (χ1v) is 48.3. The number of aliphatic hydroxyl groups is 2. The van der Waals surface area contributed by atoms with Crippen molar-refractivity contribution in [1.82, 2.24) is 19.9 Å². The SMILES string of the molecule is CC(=O)C=C(C)O.CC(=O)C=C(C)O.CC(C)c1cnc(-c2[c-]cc3c(c2)-c2cc4c5ccccc5c5ccccc5c4cc2C3(C)C)c2ccccc12.CC1(C)c2c[c-]c(-c3nccc4ccccc34)cc2-c2cc3c4ccccc4c4ccccc4c3cc21.Cc1cnc(-c2[c-]cc3c(c2)-c2cc4c5ccccc5c5ccccc5c4cc2C3(C)C)c2ccccc12.[Ir].[Ir].[Ir].[c-]1ccccc1-c1ccccn1. The summed E-state index contributed by atoms with van der Waals surface area (Å²) in [5.41, 5.74) is 26.3. The third-order valence-electron chi connectivity index (χ3n) is 28.8. The number of carbonyl (C=O) groups excluding carboxylic acids is 2. The molecule has 26 rings (SSSR count). The molecule has 711 valence electrons. The van der Waals surface area contributed by atoms with Crippen molar-refractivity contribution in [3.8, 4) is 78.4 Å². The molecule has 0 unspecified atom stereocenters. The van der Waals surface area contributed by atoms with E-state index in [2.05, 4.69) is 395 Å². The van der Waals surface area contributed by atoms with Crippen LogP contribution in [-0.2, 0) is 86.2 Å². The van der Waals surface area contributed by atoms with Gasteiger partial charge in [-0.05, 0) is 302 Å². The van der Waals surface area contributed by atoms with E-state index >= 15 is 0 Å². The molecule has 0 bridgehead atoms. The van der Waals surface area contributed by atoms with Gasteiger partial charge in [0.15, 0.2) is 11.6 Å². The molecule has 144 heavy (non-hydrogen) atoms. The zero-order valence-corrected chi connectivity index (χ0v) is 89.6. The number of ketones is 2. The van der Waals surface area contributed by atoms with Crippen molar-refractivity contribution >= 4 is 141 Å². The van der Waals surface area contributed by atoms with Gasteiger partial charge in [-0.3, -0.25) is 9.59 Å². The monoisotopic (exact) mass is 2400 g/mol. The average molecular weight is 2400 g/mol. The second-order valence-electron chi connectivity index (χ2n) is 39.3. The number of nitrogens with zero attached hydrogens (tertiary/aromatic N) is 4. The maximum atomic E-state index is 10.0. The van der Waals surface area contributed by atoms with E-state index in [0.717, 1.165) is 50.4 Å². The number of aromatic nitrogens is 4. The summed E-state index contributed by atoms with van der Waals surface area (Å²) in [7, 11) is 0. The summed E-state index contributed by atoms with van der Waals surface area (Å²) in [5, 5.41) is 47.7. The van der Waals surface area contributed by atoms with Crippen LogP contribution >= 0.6 is 0 Å². The molecule has 8 nitrogen and oxygen atoms in total. The molecule has 0 saturated carbocycles. The number of benzene rings is 19. The molecular formula is C133H104Ir3N4O4-4. The van der Waals surface area contributed by atoms with Crippen molar-refractivity contribution in [2.24, 2.45) is 0 Å². The molecule has 11 heteroatoms. The number of aryl methyl sites for hydroxylation is 1. The number of carbonyl (C=O) groups is 2. The fourth-order valence-electron chi connectivity index (χ4n) is 22.0. The predicted octanol–water partition coefficient (Wildman–Crippen LogP) is 34.5. The molecular weight excluding hydrogens is 2290 g/mol. The van der Waals surface area contributed by atoms with Gasteiger partial charge >= 0.3 is 0 Å². The molecule has 3 aliphatic rings. The Hall–Kier alpha value is -14.7. The van der Waals surface area contributed by atoms with Crippen LogP contribution in [-0.4, -0.2) is 41.7 Å². The van der Waals surface area contributed by atoms with Gasteiger partial charge in [-0.15, -0.1) is 124 Å². The number of rotatable bonds is 7. The van der Waals surface area contributed by atoms with Gasteiger partial charge in [-0.1, -0.05) is 303 Å². The van der Waals surface area contributed by atoms with Crippen molar-refractivity contribution in [3.63, 3.8) is 0 Å². The Morgan fingerprint density at radius 3 is 0.917 bits per heavy atom. The van der Waals surface area contributed by atoms with E-state index < -0.39 is 0 Å². The third-order valence-corrected chi connectivity index (χ3v) is 28.8. The molecule has 0 saturated heterocycles. The molecule has 19 aromatic carbocycles. The standard InChI is InChI=1S/C39H30N.C37H26N.C36H24N.C11H8N.2C5H8O2.3Ir/c1-23(2)35-22-40-38(30-16-10-9-15-29(30)35)24-17-18-36-33(19-24)34-20-31-27-13-7-5-11-25(27)26-12-6-8-14-28(26)32(31)21-37(34)39(36,3)4;1-22-21-38-36(29-15-9-4-10-24(22)29)23-16-17-34-32(18-23)33-19-30-27-13-7-5-11-25(27)26-12-6-8-14-28(26)31(30)20-35(33)37(34,2)3;1-36(2)33-16-15-23(35-24-10-4-3-9-22(24)17-18-37-35)19-31(33)32-20-29-27-13-7-5-11-25(27)26-12-6-8-14-28(26)30(29)21-34(32)36;1-2-6-10(7-3-1)11-8-4-5-9-12-11;2*1-4(6)3-5(2)7;;;/h5-16,18-23H,1-4H3;4-15,17-21H,1-3H3;3-14,16-21H,1-2H3;1-6,8-9H;2*3,6H,1-2H3;;;/q4*-1;;;;;. The quantitative estimate of drug-likeness (QED) is 0.0699. The second-order valence-corrected chi connectivity index (χ2v) is 39.3. The van der Waals surface area contributed by atoms with Gasteiger partial charge in [0.25, 0.3) is 0 Å². The van der Waals surface area contributed by atoms with Crippen LogP contribution < -0.4 is 0 Å². The zero-order chi connectivity index (χ0) is 97.4. The first kappa shape index (κ1) is 99.4. The van der Waals surface area contributed by atoms with Crippen molar-refractivity contribution < 1.29 is 80.1 Å². The largest absolute Gasteiger partial charge is 0.512 e. The predicted molar refractivity (Wildman–Crippen MR) is 590 cm³/mol. The number of allylic oxidation sites excluding steroid dienone is 4. The van der Waals surface area contributed by atoms with Crippen LogP contribution in [0.2, 0.25) is 0 Å². The summed E-state index contributed by atoms with van der Waals surface area (Å²) in [6, 6.07) is 137. The maximum Gasteiger partial charge on any atom is 0.155 e. The first-order chi connectivity index (χ1) is 68.3. The number of aliphatic hydroxyl groups excluding tert-OH is 2. The topological polar surface area (TPSA) is 126 Å². The van der Waals surface area contributed by atoms with Crippen LogP contribution in [0.5, 0.6) is 0 Å². The average Bonchev–Trinajstić information content (AvgIpc) is 1.52. The Morgan fingerprint density at radius 1 is 0.285 bits per heavy atom. The molecule has 0 fully saturated rings. The number of pyridine rings is 4. The van der Waals surface area contributed by atoms with Crippen LogP contribution in [0.1, 0.15) is 134 Å². The van der Waals surface area contributed by atoms with E-state index in [1.807, 2.05) is 54.9 Å². The molecule has 3 aliphatic carbocycles. The van der Waals surface area contributed by atoms with Gasteiger partial charge in [-0.25, -0.2) is 0 Å². The van der Waals surface area contributed by atoms with Gasteiger partial charge in [0, 0.05) is 97.3 Å². The normalized spacial score (nSPS) is 13.0. The smallest absolute Gasteiger partial charge is 0.155 e. The Kier molecular flexibility index (Phi) is 28.0. The van der Waals surface area contributed by atoms with E-state index in [1.54, 1.807) is 6.20 Å².